The lowest BCUT2D eigenvalue weighted by atomic mass is 9.80. The topological polar surface area (TPSA) is 34.3 Å². The summed E-state index contributed by atoms with van der Waals surface area (Å²) >= 11 is 0. The summed E-state index contributed by atoms with van der Waals surface area (Å²) in [6, 6.07) is 12.1. The molecule has 2 N–H and O–H groups in total. The maximum absolute atomic E-state index is 13.3. The van der Waals surface area contributed by atoms with Crippen molar-refractivity contribution in [3.63, 3.8) is 0 Å². The van der Waals surface area contributed by atoms with Gasteiger partial charge in [0.25, 0.3) is 5.92 Å². The number of halogens is 4. The van der Waals surface area contributed by atoms with Gasteiger partial charge in [-0.15, -0.1) is 0 Å². The Labute approximate surface area is 222 Å². The van der Waals surface area contributed by atoms with Crippen molar-refractivity contribution in [3.8, 4) is 0 Å². The van der Waals surface area contributed by atoms with Crippen LogP contribution in [0, 0.1) is 17.0 Å². The van der Waals surface area contributed by atoms with E-state index in [1.54, 1.807) is 0 Å². The Morgan fingerprint density at radius 1 is 1.03 bits per heavy atom. The molecule has 2 saturated heterocycles. The van der Waals surface area contributed by atoms with Crippen molar-refractivity contribution in [2.24, 2.45) is 5.41 Å². The first kappa shape index (κ1) is 27.0. The average molecular weight is 531 g/mol. The van der Waals surface area contributed by atoms with Gasteiger partial charge in [-0.25, -0.2) is 17.6 Å². The summed E-state index contributed by atoms with van der Waals surface area (Å²) in [4.78, 5) is 7.36. The highest BCUT2D eigenvalue weighted by atomic mass is 19.3. The van der Waals surface area contributed by atoms with Crippen molar-refractivity contribution in [1.82, 2.24) is 15.2 Å². The average Bonchev–Trinajstić information content (AvgIpc) is 3.33. The molecule has 4 nitrogen and oxygen atoms in total. The molecule has 0 bridgehead atoms. The molecule has 2 aromatic carbocycles. The van der Waals surface area contributed by atoms with Crippen LogP contribution in [0.3, 0.4) is 0 Å². The fourth-order valence-corrected chi connectivity index (χ4v) is 6.45. The van der Waals surface area contributed by atoms with Gasteiger partial charge in [-0.1, -0.05) is 18.2 Å². The standard InChI is InChI=1S/C15H18F2N2.C15H20F2N2/c1-10-7-12-11-5-3-4-6-13(11)18-14(12)8-19(10)9-15(2,16)17;16-12-8-13(17)10-14(9-12)19-7-4-15(11-19)2-1-5-18-6-3-15/h3-6,10,18H,7-9H2,1-2H3;8-10,18H,1-7,11H2. The fraction of sp³-hybridized carbons (Fsp3) is 0.533. The van der Waals surface area contributed by atoms with Gasteiger partial charge < -0.3 is 15.2 Å². The number of hydrogen-bond donors (Lipinski definition) is 2. The van der Waals surface area contributed by atoms with E-state index in [0.717, 1.165) is 63.2 Å². The van der Waals surface area contributed by atoms with E-state index in [-0.39, 0.29) is 12.6 Å². The monoisotopic (exact) mass is 530 g/mol. The van der Waals surface area contributed by atoms with Crippen LogP contribution in [-0.2, 0) is 13.0 Å². The first-order valence-corrected chi connectivity index (χ1v) is 13.7. The Kier molecular flexibility index (Phi) is 7.74. The molecule has 0 radical (unpaired) electrons. The fourth-order valence-electron chi connectivity index (χ4n) is 6.45. The summed E-state index contributed by atoms with van der Waals surface area (Å²) in [5, 5.41) is 4.66. The van der Waals surface area contributed by atoms with E-state index in [9.17, 15) is 17.6 Å². The zero-order valence-electron chi connectivity index (χ0n) is 22.3. The van der Waals surface area contributed by atoms with Crippen LogP contribution in [0.2, 0.25) is 0 Å². The molecule has 3 aliphatic heterocycles. The number of nitrogens with one attached hydrogen (secondary N) is 2. The quantitative estimate of drug-likeness (QED) is 0.379. The molecule has 0 aliphatic carbocycles. The molecule has 3 aliphatic rings. The molecular formula is C30H38F4N4. The molecule has 2 atom stereocenters. The van der Waals surface area contributed by atoms with Gasteiger partial charge in [0.15, 0.2) is 0 Å². The van der Waals surface area contributed by atoms with Crippen LogP contribution in [0.1, 0.15) is 50.8 Å². The molecular weight excluding hydrogens is 492 g/mol. The number of benzene rings is 2. The first-order valence-electron chi connectivity index (χ1n) is 13.7. The number of anilines is 1. The second-order valence-electron chi connectivity index (χ2n) is 11.6. The molecule has 2 unspecified atom stereocenters. The molecule has 8 heteroatoms. The van der Waals surface area contributed by atoms with E-state index in [1.165, 1.54) is 42.3 Å². The van der Waals surface area contributed by atoms with Crippen LogP contribution >= 0.6 is 0 Å². The number of rotatable bonds is 3. The third-order valence-electron chi connectivity index (χ3n) is 8.41. The predicted molar refractivity (Wildman–Crippen MR) is 145 cm³/mol. The van der Waals surface area contributed by atoms with Crippen molar-refractivity contribution >= 4 is 16.6 Å². The number of aromatic amines is 1. The number of para-hydroxylation sites is 1. The van der Waals surface area contributed by atoms with Gasteiger partial charge in [-0.05, 0) is 81.3 Å². The normalized spacial score (nSPS) is 24.3. The summed E-state index contributed by atoms with van der Waals surface area (Å²) in [5.41, 5.74) is 4.51. The Balaban J connectivity index is 0.000000155. The lowest BCUT2D eigenvalue weighted by Crippen LogP contribution is -2.44. The van der Waals surface area contributed by atoms with Gasteiger partial charge in [-0.3, -0.25) is 4.90 Å². The highest BCUT2D eigenvalue weighted by Crippen LogP contribution is 2.41. The minimum Gasteiger partial charge on any atom is -0.371 e. The molecule has 1 spiro atoms. The Morgan fingerprint density at radius 2 is 1.79 bits per heavy atom. The van der Waals surface area contributed by atoms with Gasteiger partial charge in [0, 0.05) is 61.0 Å². The highest BCUT2D eigenvalue weighted by Gasteiger charge is 2.38. The van der Waals surface area contributed by atoms with Crippen LogP contribution in [0.15, 0.2) is 42.5 Å². The van der Waals surface area contributed by atoms with Gasteiger partial charge in [0.2, 0.25) is 0 Å². The van der Waals surface area contributed by atoms with Crippen molar-refractivity contribution < 1.29 is 17.6 Å². The zero-order chi connectivity index (χ0) is 26.9. The molecule has 1 aromatic heterocycles. The lowest BCUT2D eigenvalue weighted by molar-refractivity contribution is -0.0293. The number of nitrogens with zero attached hydrogens (tertiary/aromatic N) is 2. The van der Waals surface area contributed by atoms with E-state index in [0.29, 0.717) is 17.6 Å². The first-order chi connectivity index (χ1) is 18.1. The SMILES string of the molecule is CC1Cc2c([nH]c3ccccc23)CN1CC(C)(F)F.Fc1cc(F)cc(N2CCC3(CCCNCC3)C2)c1. The molecule has 38 heavy (non-hydrogen) atoms. The number of fused-ring (bicyclic) bond motifs is 3. The number of H-pyrrole nitrogens is 1. The largest absolute Gasteiger partial charge is 0.371 e. The van der Waals surface area contributed by atoms with Crippen LogP contribution in [0.4, 0.5) is 23.2 Å². The minimum absolute atomic E-state index is 0.150. The number of alkyl halides is 2. The molecule has 3 aromatic rings. The van der Waals surface area contributed by atoms with Crippen molar-refractivity contribution in [2.45, 2.75) is 64.5 Å². The Hall–Kier alpha value is -2.58. The summed E-state index contributed by atoms with van der Waals surface area (Å²) < 4.78 is 53.0. The van der Waals surface area contributed by atoms with E-state index in [1.807, 2.05) is 30.0 Å². The van der Waals surface area contributed by atoms with Gasteiger partial charge in [0.1, 0.15) is 11.6 Å². The summed E-state index contributed by atoms with van der Waals surface area (Å²) in [5.74, 6) is -3.62. The van der Waals surface area contributed by atoms with Gasteiger partial charge >= 0.3 is 0 Å². The lowest BCUT2D eigenvalue weighted by Gasteiger charge is -2.34. The van der Waals surface area contributed by atoms with E-state index < -0.39 is 17.6 Å². The molecule has 0 amide bonds. The van der Waals surface area contributed by atoms with E-state index in [4.69, 9.17) is 0 Å². The third-order valence-corrected chi connectivity index (χ3v) is 8.41. The predicted octanol–water partition coefficient (Wildman–Crippen LogP) is 6.50. The molecule has 206 valence electrons. The second kappa shape index (κ2) is 10.9. The summed E-state index contributed by atoms with van der Waals surface area (Å²) in [6.07, 6.45) is 5.54. The third kappa shape index (κ3) is 6.18. The molecule has 2 fully saturated rings. The maximum atomic E-state index is 13.3. The van der Waals surface area contributed by atoms with Crippen molar-refractivity contribution in [1.29, 1.82) is 0 Å². The van der Waals surface area contributed by atoms with Crippen molar-refractivity contribution in [2.75, 3.05) is 37.6 Å². The van der Waals surface area contributed by atoms with Gasteiger partial charge in [0.05, 0.1) is 6.54 Å². The number of aromatic nitrogens is 1. The Bertz CT molecular complexity index is 1220. The molecule has 0 saturated carbocycles. The van der Waals surface area contributed by atoms with Crippen molar-refractivity contribution in [3.05, 3.63) is 65.4 Å². The van der Waals surface area contributed by atoms with Crippen LogP contribution < -0.4 is 10.2 Å². The highest BCUT2D eigenvalue weighted by molar-refractivity contribution is 5.84. The zero-order valence-corrected chi connectivity index (χ0v) is 22.3. The summed E-state index contributed by atoms with van der Waals surface area (Å²) in [6.45, 7) is 7.40. The van der Waals surface area contributed by atoms with E-state index >= 15 is 0 Å². The minimum atomic E-state index is -2.64. The van der Waals surface area contributed by atoms with Crippen LogP contribution in [0.5, 0.6) is 0 Å². The number of hydrogen-bond acceptors (Lipinski definition) is 3. The van der Waals surface area contributed by atoms with Crippen LogP contribution in [-0.4, -0.2) is 54.6 Å². The molecule has 6 rings (SSSR count). The smallest absolute Gasteiger partial charge is 0.257 e. The van der Waals surface area contributed by atoms with Crippen LogP contribution in [0.25, 0.3) is 10.9 Å². The summed E-state index contributed by atoms with van der Waals surface area (Å²) in [7, 11) is 0. The maximum Gasteiger partial charge on any atom is 0.257 e. The molecule has 4 heterocycles. The van der Waals surface area contributed by atoms with E-state index in [2.05, 4.69) is 21.3 Å². The Morgan fingerprint density at radius 3 is 2.55 bits per heavy atom. The second-order valence-corrected chi connectivity index (χ2v) is 11.6. The van der Waals surface area contributed by atoms with Gasteiger partial charge in [-0.2, -0.15) is 0 Å².